The van der Waals surface area contributed by atoms with Crippen LogP contribution in [0.25, 0.3) is 0 Å². The molecule has 26 heavy (non-hydrogen) atoms. The predicted molar refractivity (Wildman–Crippen MR) is 104 cm³/mol. The third-order valence-electron chi connectivity index (χ3n) is 3.87. The Morgan fingerprint density at radius 3 is 2.54 bits per heavy atom. The number of benzene rings is 1. The van der Waals surface area contributed by atoms with Crippen LogP contribution in [0.5, 0.6) is 5.75 Å². The van der Waals surface area contributed by atoms with Crippen LogP contribution >= 0.6 is 0 Å². The number of amides is 1. The average Bonchev–Trinajstić information content (AvgIpc) is 2.63. The minimum Gasteiger partial charge on any atom is -0.493 e. The van der Waals surface area contributed by atoms with Gasteiger partial charge in [0, 0.05) is 25.2 Å². The Balaban J connectivity index is 1.97. The SMILES string of the molecule is CCN(C)c1cc(CNC(=O)c2ccc(OCC(C)C)cc2)nc(C)n1. The molecule has 140 valence electrons. The van der Waals surface area contributed by atoms with Crippen molar-refractivity contribution in [2.75, 3.05) is 25.1 Å². The molecule has 0 saturated carbocycles. The molecular formula is C20H28N4O2. The normalized spacial score (nSPS) is 10.7. The van der Waals surface area contributed by atoms with Crippen LogP contribution < -0.4 is 15.0 Å². The molecule has 0 aliphatic rings. The molecule has 1 heterocycles. The van der Waals surface area contributed by atoms with Crippen molar-refractivity contribution in [2.45, 2.75) is 34.2 Å². The van der Waals surface area contributed by atoms with Crippen molar-refractivity contribution in [3.8, 4) is 5.75 Å². The monoisotopic (exact) mass is 356 g/mol. The summed E-state index contributed by atoms with van der Waals surface area (Å²) in [5, 5.41) is 2.91. The molecule has 6 nitrogen and oxygen atoms in total. The third kappa shape index (κ3) is 5.72. The maximum absolute atomic E-state index is 12.3. The summed E-state index contributed by atoms with van der Waals surface area (Å²) in [6, 6.07) is 9.08. The fourth-order valence-electron chi connectivity index (χ4n) is 2.30. The molecule has 0 fully saturated rings. The lowest BCUT2D eigenvalue weighted by atomic mass is 10.2. The zero-order chi connectivity index (χ0) is 19.1. The number of ether oxygens (including phenoxy) is 1. The third-order valence-corrected chi connectivity index (χ3v) is 3.87. The first-order valence-electron chi connectivity index (χ1n) is 8.95. The fourth-order valence-corrected chi connectivity index (χ4v) is 2.30. The summed E-state index contributed by atoms with van der Waals surface area (Å²) in [4.78, 5) is 23.2. The number of nitrogens with one attached hydrogen (secondary N) is 1. The van der Waals surface area contributed by atoms with Gasteiger partial charge in [0.15, 0.2) is 0 Å². The molecular weight excluding hydrogens is 328 g/mol. The standard InChI is InChI=1S/C20H28N4O2/c1-6-24(5)19-11-17(22-15(4)23-19)12-21-20(25)16-7-9-18(10-8-16)26-13-14(2)3/h7-11,14H,6,12-13H2,1-5H3,(H,21,25). The minimum absolute atomic E-state index is 0.137. The molecule has 0 spiro atoms. The molecule has 0 saturated heterocycles. The van der Waals surface area contributed by atoms with Gasteiger partial charge in [0.05, 0.1) is 18.8 Å². The zero-order valence-corrected chi connectivity index (χ0v) is 16.2. The van der Waals surface area contributed by atoms with Crippen molar-refractivity contribution in [3.05, 3.63) is 47.4 Å². The Morgan fingerprint density at radius 1 is 1.23 bits per heavy atom. The lowest BCUT2D eigenvalue weighted by Gasteiger charge is -2.17. The number of nitrogens with zero attached hydrogens (tertiary/aromatic N) is 3. The molecule has 6 heteroatoms. The van der Waals surface area contributed by atoms with Crippen molar-refractivity contribution >= 4 is 11.7 Å². The molecule has 1 amide bonds. The van der Waals surface area contributed by atoms with Crippen LogP contribution in [0.2, 0.25) is 0 Å². The lowest BCUT2D eigenvalue weighted by Crippen LogP contribution is -2.24. The van der Waals surface area contributed by atoms with Gasteiger partial charge in [-0.3, -0.25) is 4.79 Å². The van der Waals surface area contributed by atoms with E-state index in [0.29, 0.717) is 30.5 Å². The largest absolute Gasteiger partial charge is 0.493 e. The molecule has 0 radical (unpaired) electrons. The highest BCUT2D eigenvalue weighted by atomic mass is 16.5. The van der Waals surface area contributed by atoms with E-state index >= 15 is 0 Å². The van der Waals surface area contributed by atoms with Gasteiger partial charge < -0.3 is 15.0 Å². The van der Waals surface area contributed by atoms with Gasteiger partial charge in [-0.25, -0.2) is 9.97 Å². The summed E-state index contributed by atoms with van der Waals surface area (Å²) in [6.45, 7) is 9.99. The van der Waals surface area contributed by atoms with Crippen molar-refractivity contribution in [1.82, 2.24) is 15.3 Å². The molecule has 0 aliphatic carbocycles. The quantitative estimate of drug-likeness (QED) is 0.787. The fraction of sp³-hybridized carbons (Fsp3) is 0.450. The van der Waals surface area contributed by atoms with E-state index in [1.54, 1.807) is 12.1 Å². The van der Waals surface area contributed by atoms with Crippen LogP contribution in [0, 0.1) is 12.8 Å². The smallest absolute Gasteiger partial charge is 0.251 e. The van der Waals surface area contributed by atoms with E-state index in [-0.39, 0.29) is 5.91 Å². The summed E-state index contributed by atoms with van der Waals surface area (Å²) in [6.07, 6.45) is 0. The van der Waals surface area contributed by atoms with Gasteiger partial charge in [-0.15, -0.1) is 0 Å². The maximum atomic E-state index is 12.3. The van der Waals surface area contributed by atoms with Crippen LogP contribution in [0.4, 0.5) is 5.82 Å². The maximum Gasteiger partial charge on any atom is 0.251 e. The van der Waals surface area contributed by atoms with E-state index in [1.807, 2.05) is 37.1 Å². The number of aromatic nitrogens is 2. The Labute approximate surface area is 155 Å². The van der Waals surface area contributed by atoms with Gasteiger partial charge in [-0.2, -0.15) is 0 Å². The first-order chi connectivity index (χ1) is 12.4. The van der Waals surface area contributed by atoms with Gasteiger partial charge in [0.1, 0.15) is 17.4 Å². The number of hydrogen-bond acceptors (Lipinski definition) is 5. The van der Waals surface area contributed by atoms with Crippen LogP contribution in [0.3, 0.4) is 0 Å². The molecule has 1 aromatic carbocycles. The molecule has 1 aromatic heterocycles. The summed E-state index contributed by atoms with van der Waals surface area (Å²) < 4.78 is 5.64. The Hall–Kier alpha value is -2.63. The summed E-state index contributed by atoms with van der Waals surface area (Å²) in [5.74, 6) is 2.65. The van der Waals surface area contributed by atoms with E-state index in [4.69, 9.17) is 4.74 Å². The van der Waals surface area contributed by atoms with Crippen LogP contribution in [0.1, 0.15) is 42.6 Å². The highest BCUT2D eigenvalue weighted by Crippen LogP contribution is 2.14. The molecule has 0 unspecified atom stereocenters. The van der Waals surface area contributed by atoms with Crippen LogP contribution in [-0.2, 0) is 6.54 Å². The Bertz CT molecular complexity index is 729. The van der Waals surface area contributed by atoms with Crippen molar-refractivity contribution in [2.24, 2.45) is 5.92 Å². The highest BCUT2D eigenvalue weighted by molar-refractivity contribution is 5.94. The van der Waals surface area contributed by atoms with E-state index in [9.17, 15) is 4.79 Å². The van der Waals surface area contributed by atoms with Crippen LogP contribution in [0.15, 0.2) is 30.3 Å². The van der Waals surface area contributed by atoms with E-state index in [0.717, 1.165) is 23.8 Å². The molecule has 2 aromatic rings. The minimum atomic E-state index is -0.137. The van der Waals surface area contributed by atoms with Gasteiger partial charge in [-0.05, 0) is 44.0 Å². The Morgan fingerprint density at radius 2 is 1.92 bits per heavy atom. The predicted octanol–water partition coefficient (Wildman–Crippen LogP) is 3.21. The second-order valence-electron chi connectivity index (χ2n) is 6.69. The van der Waals surface area contributed by atoms with Gasteiger partial charge in [0.2, 0.25) is 0 Å². The van der Waals surface area contributed by atoms with Gasteiger partial charge >= 0.3 is 0 Å². The second kappa shape index (κ2) is 9.17. The van der Waals surface area contributed by atoms with Crippen molar-refractivity contribution in [3.63, 3.8) is 0 Å². The number of carbonyl (C=O) groups excluding carboxylic acids is 1. The molecule has 1 N–H and O–H groups in total. The van der Waals surface area contributed by atoms with Crippen LogP contribution in [-0.4, -0.2) is 36.1 Å². The summed E-state index contributed by atoms with van der Waals surface area (Å²) >= 11 is 0. The van der Waals surface area contributed by atoms with Crippen molar-refractivity contribution in [1.29, 1.82) is 0 Å². The summed E-state index contributed by atoms with van der Waals surface area (Å²) in [5.41, 5.74) is 1.39. The molecule has 2 rings (SSSR count). The number of anilines is 1. The molecule has 0 bridgehead atoms. The van der Waals surface area contributed by atoms with E-state index in [2.05, 4.69) is 36.1 Å². The summed E-state index contributed by atoms with van der Waals surface area (Å²) in [7, 11) is 1.98. The van der Waals surface area contributed by atoms with Gasteiger partial charge in [0.25, 0.3) is 5.91 Å². The molecule has 0 aliphatic heterocycles. The van der Waals surface area contributed by atoms with E-state index < -0.39 is 0 Å². The van der Waals surface area contributed by atoms with Gasteiger partial charge in [-0.1, -0.05) is 13.8 Å². The number of rotatable bonds is 8. The second-order valence-corrected chi connectivity index (χ2v) is 6.69. The first-order valence-corrected chi connectivity index (χ1v) is 8.95. The highest BCUT2D eigenvalue weighted by Gasteiger charge is 2.09. The molecule has 0 atom stereocenters. The zero-order valence-electron chi connectivity index (χ0n) is 16.2. The van der Waals surface area contributed by atoms with Crippen molar-refractivity contribution < 1.29 is 9.53 Å². The number of aryl methyl sites for hydroxylation is 1. The average molecular weight is 356 g/mol. The number of carbonyl (C=O) groups is 1. The van der Waals surface area contributed by atoms with E-state index in [1.165, 1.54) is 0 Å². The first kappa shape index (κ1) is 19.7. The topological polar surface area (TPSA) is 67.4 Å². The number of hydrogen-bond donors (Lipinski definition) is 1. The Kier molecular flexibility index (Phi) is 6.95. The lowest BCUT2D eigenvalue weighted by molar-refractivity contribution is 0.0950.